The summed E-state index contributed by atoms with van der Waals surface area (Å²) in [6.07, 6.45) is 1.08. The van der Waals surface area contributed by atoms with E-state index in [1.165, 1.54) is 0 Å². The van der Waals surface area contributed by atoms with Gasteiger partial charge in [-0.1, -0.05) is 19.1 Å². The van der Waals surface area contributed by atoms with Crippen LogP contribution in [0.25, 0.3) is 0 Å². The van der Waals surface area contributed by atoms with Crippen molar-refractivity contribution in [3.05, 3.63) is 34.7 Å². The molecule has 0 aliphatic heterocycles. The van der Waals surface area contributed by atoms with E-state index in [0.29, 0.717) is 0 Å². The first-order chi connectivity index (χ1) is 7.86. The predicted molar refractivity (Wildman–Crippen MR) is 67.4 cm³/mol. The molecule has 4 nitrogen and oxygen atoms in total. The molecule has 0 heterocycles. The Kier molecular flexibility index (Phi) is 4.23. The Morgan fingerprint density at radius 3 is 2.24 bits per heavy atom. The predicted octanol–water partition coefficient (Wildman–Crippen LogP) is 3.11. The lowest BCUT2D eigenvalue weighted by atomic mass is 9.99. The molecule has 4 heteroatoms. The third-order valence-corrected chi connectivity index (χ3v) is 3.48. The Balaban J connectivity index is 2.73. The first kappa shape index (κ1) is 13.6. The number of hydrogen-bond donors (Lipinski definition) is 1. The first-order valence-electron chi connectivity index (χ1n) is 5.83. The van der Waals surface area contributed by atoms with Crippen molar-refractivity contribution in [2.24, 2.45) is 0 Å². The maximum Gasteiger partial charge on any atom is 0.316 e. The van der Waals surface area contributed by atoms with Gasteiger partial charge in [0.2, 0.25) is 0 Å². The van der Waals surface area contributed by atoms with E-state index in [2.05, 4.69) is 32.7 Å². The largest absolute Gasteiger partial charge is 0.316 e. The zero-order chi connectivity index (χ0) is 13.1. The summed E-state index contributed by atoms with van der Waals surface area (Å²) in [6, 6.07) is 6.96. The van der Waals surface area contributed by atoms with Crippen molar-refractivity contribution in [1.29, 1.82) is 0 Å². The summed E-state index contributed by atoms with van der Waals surface area (Å²) in [7, 11) is 2.09. The molecule has 17 heavy (non-hydrogen) atoms. The van der Waals surface area contributed by atoms with Crippen LogP contribution in [0, 0.1) is 4.91 Å². The van der Waals surface area contributed by atoms with Crippen molar-refractivity contribution in [2.75, 3.05) is 7.05 Å². The van der Waals surface area contributed by atoms with Crippen LogP contribution in [0.15, 0.2) is 24.3 Å². The van der Waals surface area contributed by atoms with Gasteiger partial charge in [0.1, 0.15) is 0 Å². The fraction of sp³-hybridized carbons (Fsp3) is 0.538. The second-order valence-corrected chi connectivity index (χ2v) is 4.96. The van der Waals surface area contributed by atoms with Gasteiger partial charge in [-0.15, -0.1) is 0 Å². The molecule has 0 amide bonds. The highest BCUT2D eigenvalue weighted by Gasteiger charge is 2.21. The van der Waals surface area contributed by atoms with Crippen LogP contribution in [0.5, 0.6) is 0 Å². The van der Waals surface area contributed by atoms with E-state index in [4.69, 9.17) is 5.21 Å². The van der Waals surface area contributed by atoms with Crippen molar-refractivity contribution < 1.29 is 10.1 Å². The van der Waals surface area contributed by atoms with Gasteiger partial charge >= 0.3 is 5.69 Å². The van der Waals surface area contributed by atoms with Crippen LogP contribution in [0.4, 0.5) is 5.69 Å². The van der Waals surface area contributed by atoms with E-state index in [-0.39, 0.29) is 16.1 Å². The second kappa shape index (κ2) is 5.27. The van der Waals surface area contributed by atoms with Gasteiger partial charge in [-0.3, -0.25) is 4.90 Å². The minimum atomic E-state index is -0.122. The Morgan fingerprint density at radius 2 is 1.82 bits per heavy atom. The molecule has 0 saturated heterocycles. The average Bonchev–Trinajstić information content (AvgIpc) is 2.29. The molecule has 0 aliphatic rings. The lowest BCUT2D eigenvalue weighted by molar-refractivity contribution is -0.729. The summed E-state index contributed by atoms with van der Waals surface area (Å²) in [5, 5.41) is 8.73. The molecule has 1 aromatic rings. The normalized spacial score (nSPS) is 11.8. The van der Waals surface area contributed by atoms with Gasteiger partial charge in [-0.05, 0) is 32.9 Å². The van der Waals surface area contributed by atoms with Crippen molar-refractivity contribution >= 4 is 5.69 Å². The average molecular weight is 237 g/mol. The number of rotatable bonds is 5. The van der Waals surface area contributed by atoms with E-state index < -0.39 is 0 Å². The van der Waals surface area contributed by atoms with Gasteiger partial charge in [0.25, 0.3) is 4.92 Å². The highest BCUT2D eigenvalue weighted by Crippen LogP contribution is 2.20. The molecular formula is C13H21N2O2+. The standard InChI is InChI=1S/C13H21N2O2/c1-5-13(2,3)14(4)10-11-6-8-12(9-7-11)15(16)17/h6-9H,5,10H2,1-4H3,(H,16,17)/q+1. The van der Waals surface area contributed by atoms with Gasteiger partial charge in [0, 0.05) is 24.2 Å². The van der Waals surface area contributed by atoms with Crippen LogP contribution in [-0.2, 0) is 6.54 Å². The Morgan fingerprint density at radius 1 is 1.29 bits per heavy atom. The molecule has 0 saturated carbocycles. The van der Waals surface area contributed by atoms with E-state index in [1.807, 2.05) is 12.1 Å². The fourth-order valence-electron chi connectivity index (χ4n) is 1.49. The molecule has 94 valence electrons. The zero-order valence-electron chi connectivity index (χ0n) is 11.0. The van der Waals surface area contributed by atoms with Gasteiger partial charge in [0.15, 0.2) is 0 Å². The highest BCUT2D eigenvalue weighted by molar-refractivity contribution is 5.32. The van der Waals surface area contributed by atoms with E-state index in [9.17, 15) is 4.91 Å². The fourth-order valence-corrected chi connectivity index (χ4v) is 1.49. The van der Waals surface area contributed by atoms with E-state index >= 15 is 0 Å². The Labute approximate surface area is 102 Å². The highest BCUT2D eigenvalue weighted by atomic mass is 16.6. The zero-order valence-corrected chi connectivity index (χ0v) is 11.0. The SMILES string of the molecule is CCC(C)(C)N(C)Cc1ccc([N+](=O)O)cc1. The lowest BCUT2D eigenvalue weighted by Crippen LogP contribution is -2.39. The van der Waals surface area contributed by atoms with E-state index in [1.54, 1.807) is 12.1 Å². The molecule has 0 aromatic heterocycles. The molecule has 0 unspecified atom stereocenters. The van der Waals surface area contributed by atoms with E-state index in [0.717, 1.165) is 18.5 Å². The van der Waals surface area contributed by atoms with Crippen LogP contribution < -0.4 is 0 Å². The monoisotopic (exact) mass is 237 g/mol. The maximum absolute atomic E-state index is 10.6. The van der Waals surface area contributed by atoms with Gasteiger partial charge in [0.05, 0.1) is 4.91 Å². The third kappa shape index (κ3) is 3.53. The number of hydrogen-bond acceptors (Lipinski definition) is 2. The molecule has 0 aliphatic carbocycles. The molecule has 1 N–H and O–H groups in total. The molecule has 0 fully saturated rings. The molecule has 0 radical (unpaired) electrons. The summed E-state index contributed by atoms with van der Waals surface area (Å²) in [4.78, 5) is 12.8. The van der Waals surface area contributed by atoms with Gasteiger partial charge < -0.3 is 0 Å². The summed E-state index contributed by atoms with van der Waals surface area (Å²) in [5.74, 6) is 0. The van der Waals surface area contributed by atoms with Crippen LogP contribution in [0.3, 0.4) is 0 Å². The van der Waals surface area contributed by atoms with Crippen molar-refractivity contribution in [2.45, 2.75) is 39.3 Å². The van der Waals surface area contributed by atoms with Gasteiger partial charge in [-0.25, -0.2) is 5.21 Å². The van der Waals surface area contributed by atoms with Crippen molar-refractivity contribution in [3.8, 4) is 0 Å². The quantitative estimate of drug-likeness (QED) is 0.800. The van der Waals surface area contributed by atoms with Crippen LogP contribution >= 0.6 is 0 Å². The Bertz CT molecular complexity index is 385. The molecule has 1 rings (SSSR count). The summed E-state index contributed by atoms with van der Waals surface area (Å²) >= 11 is 0. The van der Waals surface area contributed by atoms with Crippen LogP contribution in [0.1, 0.15) is 32.8 Å². The smallest absolute Gasteiger partial charge is 0.297 e. The second-order valence-electron chi connectivity index (χ2n) is 4.96. The topological polar surface area (TPSA) is 43.5 Å². The van der Waals surface area contributed by atoms with Crippen LogP contribution in [0.2, 0.25) is 0 Å². The minimum absolute atomic E-state index is 0.122. The van der Waals surface area contributed by atoms with Gasteiger partial charge in [-0.2, -0.15) is 0 Å². The summed E-state index contributed by atoms with van der Waals surface area (Å²) < 4.78 is 0. The maximum atomic E-state index is 10.6. The van der Waals surface area contributed by atoms with Crippen molar-refractivity contribution in [3.63, 3.8) is 0 Å². The molecule has 0 atom stereocenters. The third-order valence-electron chi connectivity index (χ3n) is 3.48. The lowest BCUT2D eigenvalue weighted by Gasteiger charge is -2.34. The van der Waals surface area contributed by atoms with Crippen molar-refractivity contribution in [1.82, 2.24) is 4.90 Å². The van der Waals surface area contributed by atoms with Crippen LogP contribution in [-0.4, -0.2) is 27.6 Å². The molecule has 0 bridgehead atoms. The number of nitrogens with zero attached hydrogens (tertiary/aromatic N) is 2. The first-order valence-corrected chi connectivity index (χ1v) is 5.83. The minimum Gasteiger partial charge on any atom is -0.297 e. The molecule has 1 aromatic carbocycles. The molecular weight excluding hydrogens is 216 g/mol. The summed E-state index contributed by atoms with van der Waals surface area (Å²) in [5.41, 5.74) is 1.53. The summed E-state index contributed by atoms with van der Waals surface area (Å²) in [6.45, 7) is 7.40. The molecule has 0 spiro atoms. The number of benzene rings is 1. The Hall–Kier alpha value is -1.42.